The zero-order valence-electron chi connectivity index (χ0n) is 8.24. The molecule has 2 aromatic rings. The van der Waals surface area contributed by atoms with Crippen LogP contribution >= 0.6 is 28.0 Å². The first kappa shape index (κ1) is 13.0. The molecule has 0 bridgehead atoms. The smallest absolute Gasteiger partial charge is 0.0184 e. The summed E-state index contributed by atoms with van der Waals surface area (Å²) in [6.45, 7) is 0. The molecule has 2 aromatic carbocycles. The van der Waals surface area contributed by atoms with E-state index in [9.17, 15) is 0 Å². The van der Waals surface area contributed by atoms with Crippen LogP contribution in [0.25, 0.3) is 11.1 Å². The molecule has 2 rings (SSSR count). The number of hydrogen-bond donors (Lipinski definition) is 0. The summed E-state index contributed by atoms with van der Waals surface area (Å²) in [6.07, 6.45) is 0. The summed E-state index contributed by atoms with van der Waals surface area (Å²) in [4.78, 5) is 0. The van der Waals surface area contributed by atoms with E-state index in [0.29, 0.717) is 0 Å². The number of rotatable bonds is 1. The van der Waals surface area contributed by atoms with Gasteiger partial charge in [-0.25, -0.2) is 0 Å². The van der Waals surface area contributed by atoms with Gasteiger partial charge in [0.25, 0.3) is 0 Å². The SMILES string of the molecule is [Br][GeH2][Br].c1ccc(-c2ccccc2)cc1. The van der Waals surface area contributed by atoms with Gasteiger partial charge in [-0.3, -0.25) is 0 Å². The van der Waals surface area contributed by atoms with Crippen LogP contribution in [0.5, 0.6) is 0 Å². The van der Waals surface area contributed by atoms with Crippen molar-refractivity contribution < 1.29 is 0 Å². The number of halogens is 2. The van der Waals surface area contributed by atoms with Crippen molar-refractivity contribution in [3.63, 3.8) is 0 Å². The van der Waals surface area contributed by atoms with Crippen molar-refractivity contribution in [1.82, 2.24) is 0 Å². The van der Waals surface area contributed by atoms with Crippen LogP contribution in [0, 0.1) is 0 Å². The topological polar surface area (TPSA) is 0 Å². The first-order valence-corrected chi connectivity index (χ1v) is 18.5. The van der Waals surface area contributed by atoms with Crippen LogP contribution in [0.2, 0.25) is 0 Å². The Bertz CT molecular complexity index is 324. The van der Waals surface area contributed by atoms with Crippen LogP contribution in [0.1, 0.15) is 0 Å². The zero-order chi connectivity index (χ0) is 10.9. The third-order valence-corrected chi connectivity index (χ3v) is 1.88. The second-order valence-corrected chi connectivity index (χ2v) is 16.9. The van der Waals surface area contributed by atoms with Gasteiger partial charge < -0.3 is 0 Å². The summed E-state index contributed by atoms with van der Waals surface area (Å²) in [5, 5.41) is 0. The van der Waals surface area contributed by atoms with E-state index in [1.165, 1.54) is 11.1 Å². The van der Waals surface area contributed by atoms with Crippen LogP contribution in [-0.2, 0) is 0 Å². The van der Waals surface area contributed by atoms with Gasteiger partial charge >= 0.3 is 39.8 Å². The molecule has 0 atom stereocenters. The maximum Gasteiger partial charge on any atom is -0.0184 e. The van der Waals surface area contributed by atoms with Crippen LogP contribution in [0.15, 0.2) is 60.7 Å². The monoisotopic (exact) mass is 388 g/mol. The first-order valence-electron chi connectivity index (χ1n) is 4.61. The fraction of sp³-hybridized carbons (Fsp3) is 0. The van der Waals surface area contributed by atoms with E-state index in [-0.39, 0.29) is 11.7 Å². The third-order valence-electron chi connectivity index (χ3n) is 1.88. The van der Waals surface area contributed by atoms with E-state index in [1.54, 1.807) is 0 Å². The van der Waals surface area contributed by atoms with Gasteiger partial charge in [-0.2, -0.15) is 0 Å². The Balaban J connectivity index is 0.000000337. The normalized spacial score (nSPS) is 8.93. The van der Waals surface area contributed by atoms with Crippen molar-refractivity contribution in [1.29, 1.82) is 0 Å². The van der Waals surface area contributed by atoms with Crippen molar-refractivity contribution >= 4 is 39.8 Å². The van der Waals surface area contributed by atoms with Gasteiger partial charge in [-0.1, -0.05) is 60.7 Å². The summed E-state index contributed by atoms with van der Waals surface area (Å²) in [7, 11) is 0. The zero-order valence-corrected chi connectivity index (χ0v) is 14.4. The van der Waals surface area contributed by atoms with Crippen LogP contribution in [0.3, 0.4) is 0 Å². The molecule has 0 heterocycles. The summed E-state index contributed by atoms with van der Waals surface area (Å²) < 4.78 is 0. The maximum atomic E-state index is 3.25. The average molecular weight is 389 g/mol. The second-order valence-electron chi connectivity index (χ2n) is 2.83. The standard InChI is InChI=1S/C12H10.Br2GeH2/c1-3-7-11(8-4-1)12-9-5-2-6-10-12;1-3-2/h1-10H;3H2. The summed E-state index contributed by atoms with van der Waals surface area (Å²) >= 11 is 6.25. The molecule has 0 fully saturated rings. The van der Waals surface area contributed by atoms with Gasteiger partial charge in [-0.15, -0.1) is 0 Å². The molecule has 0 aliphatic heterocycles. The fourth-order valence-electron chi connectivity index (χ4n) is 1.26. The Kier molecular flexibility index (Phi) is 7.06. The quantitative estimate of drug-likeness (QED) is 0.645. The molecule has 0 spiro atoms. The first-order chi connectivity index (χ1) is 7.38. The third kappa shape index (κ3) is 5.00. The number of hydrogen-bond acceptors (Lipinski definition) is 0. The van der Waals surface area contributed by atoms with Gasteiger partial charge in [-0.05, 0) is 11.1 Å². The average Bonchev–Trinajstić information content (AvgIpc) is 2.32. The van der Waals surface area contributed by atoms with Gasteiger partial charge in [0.2, 0.25) is 0 Å². The van der Waals surface area contributed by atoms with Crippen molar-refractivity contribution in [3.8, 4) is 11.1 Å². The molecule has 0 saturated heterocycles. The Hall–Kier alpha value is -0.0571. The predicted molar refractivity (Wildman–Crippen MR) is 78.3 cm³/mol. The van der Waals surface area contributed by atoms with Crippen molar-refractivity contribution in [2.45, 2.75) is 0 Å². The van der Waals surface area contributed by atoms with Gasteiger partial charge in [0.15, 0.2) is 0 Å². The molecular formula is C12H12Br2Ge. The fourth-order valence-corrected chi connectivity index (χ4v) is 1.26. The molecule has 3 heteroatoms. The van der Waals surface area contributed by atoms with E-state index >= 15 is 0 Å². The molecule has 0 aliphatic carbocycles. The Morgan fingerprint density at radius 1 is 0.600 bits per heavy atom. The summed E-state index contributed by atoms with van der Waals surface area (Å²) in [5.41, 5.74) is 2.55. The summed E-state index contributed by atoms with van der Waals surface area (Å²) in [5.74, 6) is 0. The molecule has 0 aromatic heterocycles. The molecule has 0 aliphatic rings. The van der Waals surface area contributed by atoms with Crippen molar-refractivity contribution in [2.75, 3.05) is 0 Å². The molecule has 0 saturated carbocycles. The Morgan fingerprint density at radius 3 is 1.13 bits per heavy atom. The van der Waals surface area contributed by atoms with E-state index in [0.717, 1.165) is 0 Å². The minimum atomic E-state index is -0.250. The molecule has 0 amide bonds. The molecule has 15 heavy (non-hydrogen) atoms. The minimum Gasteiger partial charge on any atom is -0.0622 e. The predicted octanol–water partition coefficient (Wildman–Crippen LogP) is 4.13. The molecule has 0 unspecified atom stereocenters. The minimum absolute atomic E-state index is 0.250. The largest absolute Gasteiger partial charge is 0.0622 e. The van der Waals surface area contributed by atoms with Gasteiger partial charge in [0.05, 0.1) is 0 Å². The van der Waals surface area contributed by atoms with Crippen LogP contribution in [-0.4, -0.2) is 11.7 Å². The molecular weight excluding hydrogens is 377 g/mol. The van der Waals surface area contributed by atoms with Crippen molar-refractivity contribution in [3.05, 3.63) is 60.7 Å². The van der Waals surface area contributed by atoms with E-state index < -0.39 is 0 Å². The van der Waals surface area contributed by atoms with E-state index in [2.05, 4.69) is 76.5 Å². The summed E-state index contributed by atoms with van der Waals surface area (Å²) in [6, 6.07) is 20.8. The van der Waals surface area contributed by atoms with Crippen molar-refractivity contribution in [2.24, 2.45) is 0 Å². The van der Waals surface area contributed by atoms with E-state index in [1.807, 2.05) is 12.1 Å². The maximum absolute atomic E-state index is 3.25. The molecule has 0 nitrogen and oxygen atoms in total. The van der Waals surface area contributed by atoms with Crippen LogP contribution in [0.4, 0.5) is 0 Å². The van der Waals surface area contributed by atoms with Gasteiger partial charge in [0, 0.05) is 0 Å². The number of benzene rings is 2. The molecule has 0 N–H and O–H groups in total. The second kappa shape index (κ2) is 8.14. The van der Waals surface area contributed by atoms with Gasteiger partial charge in [0.1, 0.15) is 0 Å². The Labute approximate surface area is 111 Å². The molecule has 78 valence electrons. The van der Waals surface area contributed by atoms with Crippen LogP contribution < -0.4 is 0 Å². The molecule has 0 radical (unpaired) electrons. The van der Waals surface area contributed by atoms with E-state index in [4.69, 9.17) is 0 Å². The Morgan fingerprint density at radius 2 is 0.867 bits per heavy atom.